The monoisotopic (exact) mass is 395 g/mol. The highest BCUT2D eigenvalue weighted by molar-refractivity contribution is 5.26. The molecule has 2 saturated heterocycles. The van der Waals surface area contributed by atoms with Gasteiger partial charge in [-0.3, -0.25) is 4.90 Å². The van der Waals surface area contributed by atoms with Crippen LogP contribution < -0.4 is 0 Å². The van der Waals surface area contributed by atoms with E-state index in [1.807, 2.05) is 65.6 Å². The van der Waals surface area contributed by atoms with Crippen molar-refractivity contribution < 1.29 is 29.2 Å². The van der Waals surface area contributed by atoms with Crippen molar-refractivity contribution in [2.45, 2.75) is 102 Å². The number of hydrogen-bond donors (Lipinski definition) is 2. The van der Waals surface area contributed by atoms with Gasteiger partial charge in [-0.1, -0.05) is 12.2 Å². The minimum absolute atomic E-state index is 0.250. The van der Waals surface area contributed by atoms with Crippen molar-refractivity contribution in [1.82, 2.24) is 4.90 Å². The van der Waals surface area contributed by atoms with Crippen LogP contribution in [0.15, 0.2) is 23.3 Å². The molecule has 2 N–H and O–H groups in total. The fourth-order valence-electron chi connectivity index (χ4n) is 5.01. The Balaban J connectivity index is 1.59. The minimum Gasteiger partial charge on any atom is -0.388 e. The first-order valence-electron chi connectivity index (χ1n) is 10.1. The maximum Gasteiger partial charge on any atom is 0.164 e. The van der Waals surface area contributed by atoms with Gasteiger partial charge in [0.1, 0.15) is 36.6 Å². The molecule has 2 heterocycles. The lowest BCUT2D eigenvalue weighted by atomic mass is 9.84. The van der Waals surface area contributed by atoms with Crippen LogP contribution in [0.25, 0.3) is 0 Å². The fourth-order valence-corrected chi connectivity index (χ4v) is 5.01. The van der Waals surface area contributed by atoms with Crippen LogP contribution in [-0.2, 0) is 18.9 Å². The Kier molecular flexibility index (Phi) is 4.83. The van der Waals surface area contributed by atoms with E-state index in [1.54, 1.807) is 0 Å². The first kappa shape index (κ1) is 20.5. The van der Waals surface area contributed by atoms with Gasteiger partial charge in [-0.2, -0.15) is 0 Å². The molecule has 0 saturated carbocycles. The molecule has 0 amide bonds. The molecule has 0 radical (unpaired) electrons. The predicted octanol–water partition coefficient (Wildman–Crippen LogP) is 1.34. The van der Waals surface area contributed by atoms with Gasteiger partial charge in [0.15, 0.2) is 11.6 Å². The van der Waals surface area contributed by atoms with Crippen molar-refractivity contribution >= 4 is 0 Å². The standard InChI is InChI=1S/C21H33NO6/c1-10-8-12(14(23)18-16(10)25-20(3,4)27-18)22(7)13-9-11(2)17-19(15(13)24)28-21(5,6)26-17/h8-9,12-19,23-24H,1-7H3/t12-,13-,14+,15+,16+,17+,18-,19-/m0/s1. The molecule has 0 spiro atoms. The van der Waals surface area contributed by atoms with Gasteiger partial charge in [-0.05, 0) is 59.7 Å². The molecule has 158 valence electrons. The van der Waals surface area contributed by atoms with Crippen LogP contribution in [0.5, 0.6) is 0 Å². The number of hydrogen-bond acceptors (Lipinski definition) is 7. The van der Waals surface area contributed by atoms with Crippen molar-refractivity contribution in [3.63, 3.8) is 0 Å². The largest absolute Gasteiger partial charge is 0.388 e. The van der Waals surface area contributed by atoms with Crippen LogP contribution in [0.4, 0.5) is 0 Å². The molecule has 0 bridgehead atoms. The van der Waals surface area contributed by atoms with E-state index in [4.69, 9.17) is 18.9 Å². The molecule has 0 aromatic carbocycles. The highest BCUT2D eigenvalue weighted by Gasteiger charge is 2.54. The third kappa shape index (κ3) is 3.27. The number of rotatable bonds is 2. The van der Waals surface area contributed by atoms with Crippen molar-refractivity contribution in [3.8, 4) is 0 Å². The first-order chi connectivity index (χ1) is 12.9. The second-order valence-corrected chi connectivity index (χ2v) is 9.49. The number of nitrogens with zero attached hydrogens (tertiary/aromatic N) is 1. The van der Waals surface area contributed by atoms with Crippen molar-refractivity contribution in [2.24, 2.45) is 0 Å². The molecule has 0 aromatic heterocycles. The Morgan fingerprint density at radius 1 is 0.750 bits per heavy atom. The normalized spacial score (nSPS) is 46.8. The number of ether oxygens (including phenoxy) is 4. The van der Waals surface area contributed by atoms with E-state index in [1.165, 1.54) is 0 Å². The zero-order chi connectivity index (χ0) is 20.6. The highest BCUT2D eigenvalue weighted by Crippen LogP contribution is 2.41. The lowest BCUT2D eigenvalue weighted by Gasteiger charge is -2.44. The molecule has 28 heavy (non-hydrogen) atoms. The summed E-state index contributed by atoms with van der Waals surface area (Å²) in [5, 5.41) is 22.1. The van der Waals surface area contributed by atoms with Crippen LogP contribution in [0.2, 0.25) is 0 Å². The SMILES string of the molecule is CC1=C[C@H](N(C)[C@H]2C=C(C)[C@H]3OC(C)(C)O[C@H]3[C@@H]2O)[C@@H](O)[C@@H]2OC(C)(C)O[C@H]12. The Bertz CT molecular complexity index is 643. The molecule has 0 aromatic rings. The van der Waals surface area contributed by atoms with Crippen molar-refractivity contribution in [2.75, 3.05) is 7.05 Å². The molecule has 2 aliphatic carbocycles. The Morgan fingerprint density at radius 3 is 1.46 bits per heavy atom. The van der Waals surface area contributed by atoms with Gasteiger partial charge < -0.3 is 29.2 Å². The van der Waals surface area contributed by atoms with Gasteiger partial charge in [-0.25, -0.2) is 0 Å². The molecule has 7 nitrogen and oxygen atoms in total. The number of likely N-dealkylation sites (N-methyl/N-ethyl adjacent to an activating group) is 1. The summed E-state index contributed by atoms with van der Waals surface area (Å²) in [5.74, 6) is -1.46. The van der Waals surface area contributed by atoms with E-state index in [0.717, 1.165) is 11.1 Å². The summed E-state index contributed by atoms with van der Waals surface area (Å²) in [4.78, 5) is 2.00. The Morgan fingerprint density at radius 2 is 1.11 bits per heavy atom. The lowest BCUT2D eigenvalue weighted by Crippen LogP contribution is -2.60. The van der Waals surface area contributed by atoms with Gasteiger partial charge in [0.25, 0.3) is 0 Å². The number of aliphatic hydroxyl groups is 2. The molecule has 8 atom stereocenters. The molecule has 4 aliphatic rings. The second-order valence-electron chi connectivity index (χ2n) is 9.49. The second kappa shape index (κ2) is 6.60. The van der Waals surface area contributed by atoms with Gasteiger partial charge in [0.2, 0.25) is 0 Å². The smallest absolute Gasteiger partial charge is 0.164 e. The third-order valence-electron chi connectivity index (χ3n) is 6.34. The van der Waals surface area contributed by atoms with E-state index >= 15 is 0 Å². The van der Waals surface area contributed by atoms with Gasteiger partial charge in [-0.15, -0.1) is 0 Å². The molecule has 4 rings (SSSR count). The van der Waals surface area contributed by atoms with Gasteiger partial charge in [0, 0.05) is 0 Å². The van der Waals surface area contributed by atoms with Crippen molar-refractivity contribution in [3.05, 3.63) is 23.3 Å². The van der Waals surface area contributed by atoms with Gasteiger partial charge >= 0.3 is 0 Å². The topological polar surface area (TPSA) is 80.6 Å². The Hall–Kier alpha value is -0.800. The summed E-state index contributed by atoms with van der Waals surface area (Å²) >= 11 is 0. The molecule has 2 fully saturated rings. The van der Waals surface area contributed by atoms with E-state index < -0.39 is 36.0 Å². The summed E-state index contributed by atoms with van der Waals surface area (Å²) < 4.78 is 23.9. The van der Waals surface area contributed by atoms with Crippen LogP contribution >= 0.6 is 0 Å². The minimum atomic E-state index is -0.767. The zero-order valence-corrected chi connectivity index (χ0v) is 17.7. The van der Waals surface area contributed by atoms with E-state index in [0.29, 0.717) is 0 Å². The first-order valence-corrected chi connectivity index (χ1v) is 10.1. The Labute approximate surface area is 166 Å². The predicted molar refractivity (Wildman–Crippen MR) is 103 cm³/mol. The molecule has 2 aliphatic heterocycles. The van der Waals surface area contributed by atoms with Crippen LogP contribution in [0.1, 0.15) is 41.5 Å². The quantitative estimate of drug-likeness (QED) is 0.683. The van der Waals surface area contributed by atoms with E-state index in [2.05, 4.69) is 0 Å². The average molecular weight is 395 g/mol. The molecule has 0 unspecified atom stereocenters. The number of fused-ring (bicyclic) bond motifs is 2. The van der Waals surface area contributed by atoms with Crippen molar-refractivity contribution in [1.29, 1.82) is 0 Å². The van der Waals surface area contributed by atoms with E-state index in [9.17, 15) is 10.2 Å². The summed E-state index contributed by atoms with van der Waals surface area (Å²) in [7, 11) is 1.91. The van der Waals surface area contributed by atoms with Crippen LogP contribution in [0.3, 0.4) is 0 Å². The summed E-state index contributed by atoms with van der Waals surface area (Å²) in [6.07, 6.45) is 1.14. The van der Waals surface area contributed by atoms with Gasteiger partial charge in [0.05, 0.1) is 12.1 Å². The average Bonchev–Trinajstić information content (AvgIpc) is 3.10. The molecule has 7 heteroatoms. The van der Waals surface area contributed by atoms with Crippen LogP contribution in [0, 0.1) is 0 Å². The van der Waals surface area contributed by atoms with E-state index in [-0.39, 0.29) is 24.3 Å². The fraction of sp³-hybridized carbons (Fsp3) is 0.810. The van der Waals surface area contributed by atoms with Crippen LogP contribution in [-0.4, -0.2) is 82.4 Å². The zero-order valence-electron chi connectivity index (χ0n) is 17.7. The summed E-state index contributed by atoms with van der Waals surface area (Å²) in [5.41, 5.74) is 2.06. The maximum absolute atomic E-state index is 11.1. The third-order valence-corrected chi connectivity index (χ3v) is 6.34. The number of aliphatic hydroxyl groups excluding tert-OH is 2. The molecular formula is C21H33NO6. The maximum atomic E-state index is 11.1. The lowest BCUT2D eigenvalue weighted by molar-refractivity contribution is -0.161. The summed E-state index contributed by atoms with van der Waals surface area (Å²) in [6.45, 7) is 11.4. The summed E-state index contributed by atoms with van der Waals surface area (Å²) in [6, 6.07) is -0.622. The highest BCUT2D eigenvalue weighted by atomic mass is 16.8. The molecular weight excluding hydrogens is 362 g/mol.